The third kappa shape index (κ3) is 2.65. The summed E-state index contributed by atoms with van der Waals surface area (Å²) in [4.78, 5) is 14.7. The number of aromatic nitrogens is 2. The zero-order valence-electron chi connectivity index (χ0n) is 11.2. The Bertz CT molecular complexity index is 462. The summed E-state index contributed by atoms with van der Waals surface area (Å²) in [7, 11) is 5.62. The maximum atomic E-state index is 12.7. The first-order valence-corrected chi connectivity index (χ1v) is 9.32. The van der Waals surface area contributed by atoms with E-state index < -0.39 is 0 Å². The van der Waals surface area contributed by atoms with E-state index in [0.717, 1.165) is 30.3 Å². The van der Waals surface area contributed by atoms with Crippen LogP contribution in [0.25, 0.3) is 0 Å². The second-order valence-electron chi connectivity index (χ2n) is 5.14. The average molecular weight is 297 g/mol. The van der Waals surface area contributed by atoms with Crippen LogP contribution in [0.2, 0.25) is 0 Å². The second kappa shape index (κ2) is 5.79. The minimum Gasteiger partial charge on any atom is -0.336 e. The van der Waals surface area contributed by atoms with Crippen molar-refractivity contribution in [2.45, 2.75) is 25.2 Å². The van der Waals surface area contributed by atoms with Crippen LogP contribution in [-0.4, -0.2) is 45.2 Å². The van der Waals surface area contributed by atoms with Crippen molar-refractivity contribution in [1.29, 1.82) is 0 Å². The minimum absolute atomic E-state index is 0.171. The first-order chi connectivity index (χ1) is 9.27. The standard InChI is InChI=1S/C13H19N3OS2/c1-15-12(11(9-14-15)10-3-2-4-10)13(17)16-5-7-18-19-8-6-16/h9-10H,2-8H2,1H3. The van der Waals surface area contributed by atoms with E-state index in [9.17, 15) is 4.79 Å². The number of hydrogen-bond acceptors (Lipinski definition) is 4. The van der Waals surface area contributed by atoms with Crippen LogP contribution in [0.1, 0.15) is 41.2 Å². The first kappa shape index (κ1) is 13.4. The molecule has 1 saturated heterocycles. The van der Waals surface area contributed by atoms with Crippen LogP contribution in [0.15, 0.2) is 6.20 Å². The molecule has 0 aromatic carbocycles. The Labute approximate surface area is 121 Å². The molecule has 2 fully saturated rings. The molecular weight excluding hydrogens is 278 g/mol. The smallest absolute Gasteiger partial charge is 0.272 e. The molecule has 1 amide bonds. The van der Waals surface area contributed by atoms with Crippen molar-refractivity contribution in [1.82, 2.24) is 14.7 Å². The van der Waals surface area contributed by atoms with Gasteiger partial charge in [-0.2, -0.15) is 5.10 Å². The van der Waals surface area contributed by atoms with Crippen molar-refractivity contribution < 1.29 is 4.79 Å². The maximum Gasteiger partial charge on any atom is 0.272 e. The van der Waals surface area contributed by atoms with Gasteiger partial charge in [0.25, 0.3) is 5.91 Å². The normalized spacial score (nSPS) is 21.0. The summed E-state index contributed by atoms with van der Waals surface area (Å²) >= 11 is 0. The number of rotatable bonds is 2. The first-order valence-electron chi connectivity index (χ1n) is 6.83. The van der Waals surface area contributed by atoms with Gasteiger partial charge >= 0.3 is 0 Å². The highest BCUT2D eigenvalue weighted by molar-refractivity contribution is 8.76. The lowest BCUT2D eigenvalue weighted by atomic mass is 9.80. The summed E-state index contributed by atoms with van der Waals surface area (Å²) in [6.07, 6.45) is 5.60. The van der Waals surface area contributed by atoms with E-state index in [2.05, 4.69) is 5.10 Å². The van der Waals surface area contributed by atoms with Crippen LogP contribution in [0.4, 0.5) is 0 Å². The van der Waals surface area contributed by atoms with Crippen molar-refractivity contribution in [3.05, 3.63) is 17.5 Å². The van der Waals surface area contributed by atoms with Crippen molar-refractivity contribution >= 4 is 27.5 Å². The Kier molecular flexibility index (Phi) is 4.07. The molecule has 0 bridgehead atoms. The molecule has 4 nitrogen and oxygen atoms in total. The predicted molar refractivity (Wildman–Crippen MR) is 80.6 cm³/mol. The van der Waals surface area contributed by atoms with Gasteiger partial charge in [-0.15, -0.1) is 0 Å². The monoisotopic (exact) mass is 297 g/mol. The van der Waals surface area contributed by atoms with Gasteiger partial charge in [0.1, 0.15) is 5.69 Å². The van der Waals surface area contributed by atoms with Gasteiger partial charge in [0.2, 0.25) is 0 Å². The number of carbonyl (C=O) groups excluding carboxylic acids is 1. The molecular formula is C13H19N3OS2. The topological polar surface area (TPSA) is 38.1 Å². The summed E-state index contributed by atoms with van der Waals surface area (Å²) in [5, 5.41) is 4.32. The summed E-state index contributed by atoms with van der Waals surface area (Å²) in [6, 6.07) is 0. The lowest BCUT2D eigenvalue weighted by molar-refractivity contribution is 0.0763. The van der Waals surface area contributed by atoms with Gasteiger partial charge in [-0.05, 0) is 18.8 Å². The fourth-order valence-corrected chi connectivity index (χ4v) is 4.59. The zero-order chi connectivity index (χ0) is 13.2. The molecule has 1 aromatic heterocycles. The molecule has 6 heteroatoms. The Balaban J connectivity index is 1.83. The van der Waals surface area contributed by atoms with E-state index in [-0.39, 0.29) is 5.91 Å². The molecule has 2 aliphatic rings. The number of amides is 1. The molecule has 104 valence electrons. The van der Waals surface area contributed by atoms with E-state index in [1.165, 1.54) is 24.8 Å². The lowest BCUT2D eigenvalue weighted by Crippen LogP contribution is -2.36. The molecule has 0 unspecified atom stereocenters. The number of carbonyl (C=O) groups is 1. The minimum atomic E-state index is 0.171. The van der Waals surface area contributed by atoms with Crippen molar-refractivity contribution in [2.75, 3.05) is 24.6 Å². The van der Waals surface area contributed by atoms with E-state index in [0.29, 0.717) is 5.92 Å². The van der Waals surface area contributed by atoms with Crippen LogP contribution in [0.5, 0.6) is 0 Å². The van der Waals surface area contributed by atoms with Crippen molar-refractivity contribution in [2.24, 2.45) is 7.05 Å². The van der Waals surface area contributed by atoms with Gasteiger partial charge in [0.15, 0.2) is 0 Å². The average Bonchev–Trinajstić information content (AvgIpc) is 2.58. The summed E-state index contributed by atoms with van der Waals surface area (Å²) in [6.45, 7) is 1.71. The third-order valence-corrected chi connectivity index (χ3v) is 6.34. The number of nitrogens with zero attached hydrogens (tertiary/aromatic N) is 3. The zero-order valence-corrected chi connectivity index (χ0v) is 12.8. The van der Waals surface area contributed by atoms with Gasteiger partial charge in [-0.3, -0.25) is 9.48 Å². The number of hydrogen-bond donors (Lipinski definition) is 0. The summed E-state index contributed by atoms with van der Waals surface area (Å²) in [5.41, 5.74) is 1.99. The van der Waals surface area contributed by atoms with Crippen LogP contribution in [-0.2, 0) is 7.05 Å². The van der Waals surface area contributed by atoms with Crippen molar-refractivity contribution in [3.8, 4) is 0 Å². The molecule has 0 radical (unpaired) electrons. The van der Waals surface area contributed by atoms with Crippen molar-refractivity contribution in [3.63, 3.8) is 0 Å². The van der Waals surface area contributed by atoms with Crippen LogP contribution in [0.3, 0.4) is 0 Å². The molecule has 0 spiro atoms. The highest BCUT2D eigenvalue weighted by atomic mass is 33.1. The largest absolute Gasteiger partial charge is 0.336 e. The van der Waals surface area contributed by atoms with E-state index in [1.807, 2.05) is 39.7 Å². The second-order valence-corrected chi connectivity index (χ2v) is 7.84. The lowest BCUT2D eigenvalue weighted by Gasteiger charge is -2.27. The number of aryl methyl sites for hydroxylation is 1. The maximum absolute atomic E-state index is 12.7. The molecule has 3 rings (SSSR count). The molecule has 1 aliphatic heterocycles. The summed E-state index contributed by atoms with van der Waals surface area (Å²) in [5.74, 6) is 2.77. The van der Waals surface area contributed by atoms with Gasteiger partial charge in [0.05, 0.1) is 6.20 Å². The van der Waals surface area contributed by atoms with Gasteiger partial charge in [-0.25, -0.2) is 0 Å². The molecule has 0 atom stereocenters. The molecule has 19 heavy (non-hydrogen) atoms. The van der Waals surface area contributed by atoms with Gasteiger partial charge in [0, 0.05) is 37.2 Å². The Hall–Kier alpha value is -0.620. The summed E-state index contributed by atoms with van der Waals surface area (Å²) < 4.78 is 1.77. The van der Waals surface area contributed by atoms with Gasteiger partial charge in [-0.1, -0.05) is 28.0 Å². The SMILES string of the molecule is Cn1ncc(C2CCC2)c1C(=O)N1CCSSCC1. The Morgan fingerprint density at radius 3 is 2.58 bits per heavy atom. The highest BCUT2D eigenvalue weighted by Gasteiger charge is 2.30. The van der Waals surface area contributed by atoms with E-state index in [4.69, 9.17) is 0 Å². The highest BCUT2D eigenvalue weighted by Crippen LogP contribution is 2.38. The molecule has 1 aromatic rings. The van der Waals surface area contributed by atoms with Crippen LogP contribution in [0, 0.1) is 0 Å². The van der Waals surface area contributed by atoms with Gasteiger partial charge < -0.3 is 4.90 Å². The predicted octanol–water partition coefficient (Wildman–Crippen LogP) is 2.52. The Morgan fingerprint density at radius 2 is 2.00 bits per heavy atom. The third-order valence-electron chi connectivity index (χ3n) is 3.97. The fraction of sp³-hybridized carbons (Fsp3) is 0.692. The molecule has 1 aliphatic carbocycles. The van der Waals surface area contributed by atoms with E-state index >= 15 is 0 Å². The Morgan fingerprint density at radius 1 is 1.32 bits per heavy atom. The fourth-order valence-electron chi connectivity index (χ4n) is 2.61. The molecule has 0 N–H and O–H groups in total. The van der Waals surface area contributed by atoms with E-state index in [1.54, 1.807) is 4.68 Å². The van der Waals surface area contributed by atoms with Crippen LogP contribution >= 0.6 is 21.6 Å². The quantitative estimate of drug-likeness (QED) is 0.786. The van der Waals surface area contributed by atoms with Crippen LogP contribution < -0.4 is 0 Å². The molecule has 2 heterocycles. The molecule has 1 saturated carbocycles.